The first kappa shape index (κ1) is 36.7. The van der Waals surface area contributed by atoms with E-state index >= 15 is 4.39 Å². The zero-order valence-corrected chi connectivity index (χ0v) is 30.4. The molecule has 1 N–H and O–H groups in total. The monoisotopic (exact) mass is 769 g/mol. The van der Waals surface area contributed by atoms with Gasteiger partial charge in [0.15, 0.2) is 17.2 Å². The molecule has 4 aromatic carbocycles. The van der Waals surface area contributed by atoms with E-state index in [4.69, 9.17) is 19.3 Å². The first-order valence-corrected chi connectivity index (χ1v) is 17.8. The molecule has 0 saturated carbocycles. The molecule has 0 spiro atoms. The number of ether oxygens (including phenoxy) is 3. The summed E-state index contributed by atoms with van der Waals surface area (Å²) in [5, 5.41) is 12.0. The number of nitrogens with zero attached hydrogens (tertiary/aromatic N) is 6. The smallest absolute Gasteiger partial charge is 0.284 e. The minimum absolute atomic E-state index is 0.0639. The predicted molar refractivity (Wildman–Crippen MR) is 206 cm³/mol. The lowest BCUT2D eigenvalue weighted by Gasteiger charge is -2.26. The van der Waals surface area contributed by atoms with Crippen LogP contribution < -0.4 is 20.3 Å². The lowest BCUT2D eigenvalue weighted by molar-refractivity contribution is 0.0303. The molecule has 8 rings (SSSR count). The Kier molecular flexibility index (Phi) is 10.2. The second-order valence-corrected chi connectivity index (χ2v) is 13.0. The molecule has 0 radical (unpaired) electrons. The van der Waals surface area contributed by atoms with Crippen molar-refractivity contribution < 1.29 is 32.6 Å². The summed E-state index contributed by atoms with van der Waals surface area (Å²) in [5.41, 5.74) is 2.42. The van der Waals surface area contributed by atoms with Crippen LogP contribution >= 0.6 is 0 Å². The topological polar surface area (TPSA) is 143 Å². The van der Waals surface area contributed by atoms with Gasteiger partial charge in [-0.1, -0.05) is 24.3 Å². The number of carbonyl (C=O) groups excluding carboxylic acids is 2. The third-order valence-corrected chi connectivity index (χ3v) is 9.36. The van der Waals surface area contributed by atoms with Gasteiger partial charge >= 0.3 is 0 Å². The standard InChI is InChI=1S/C42H33F2N7O6/c1-55-32-13-2-26(3-14-32)25-50-39-37(38(48-50)27-4-6-28(7-5-27)41(53)49-20-22-56-23-21-49)36(17-18-45-39)57-35-15-10-30(24-34(35)44)47-40(52)33-16-19-46-51(42(33)54)31-11-8-29(43)9-12-31/h2-19,24H,20-23,25H2,1H3,(H,47,52). The second kappa shape index (κ2) is 15.8. The molecular weight excluding hydrogens is 737 g/mol. The average Bonchev–Trinajstić information content (AvgIpc) is 3.61. The number of carbonyl (C=O) groups is 2. The van der Waals surface area contributed by atoms with Crippen LogP contribution in [0, 0.1) is 11.6 Å². The van der Waals surface area contributed by atoms with Gasteiger partial charge in [-0.25, -0.2) is 18.4 Å². The van der Waals surface area contributed by atoms with Crippen LogP contribution in [-0.2, 0) is 11.3 Å². The SMILES string of the molecule is COc1ccc(Cn2nc(-c3ccc(C(=O)N4CCOCC4)cc3)c3c(Oc4ccc(NC(=O)c5ccnn(-c6ccc(F)cc6)c5=O)cc4F)ccnc32)cc1. The number of methoxy groups -OCH3 is 1. The highest BCUT2D eigenvalue weighted by Gasteiger charge is 2.23. The summed E-state index contributed by atoms with van der Waals surface area (Å²) in [5.74, 6) is -1.36. The first-order valence-electron chi connectivity index (χ1n) is 17.8. The maximum absolute atomic E-state index is 15.8. The lowest BCUT2D eigenvalue weighted by atomic mass is 10.1. The van der Waals surface area contributed by atoms with Crippen molar-refractivity contribution in [2.45, 2.75) is 6.54 Å². The zero-order chi connectivity index (χ0) is 39.5. The summed E-state index contributed by atoms with van der Waals surface area (Å²) in [6.45, 7) is 2.36. The molecule has 1 fully saturated rings. The van der Waals surface area contributed by atoms with Gasteiger partial charge in [0, 0.05) is 48.4 Å². The van der Waals surface area contributed by atoms with Crippen LogP contribution in [0.25, 0.3) is 28.0 Å². The van der Waals surface area contributed by atoms with Gasteiger partial charge in [-0.15, -0.1) is 0 Å². The highest BCUT2D eigenvalue weighted by atomic mass is 19.1. The molecule has 1 aliphatic rings. The molecule has 0 aliphatic carbocycles. The summed E-state index contributed by atoms with van der Waals surface area (Å²) in [6.07, 6.45) is 2.80. The van der Waals surface area contributed by atoms with Crippen LogP contribution in [0.15, 0.2) is 120 Å². The first-order chi connectivity index (χ1) is 27.7. The van der Waals surface area contributed by atoms with E-state index in [0.717, 1.165) is 16.3 Å². The average molecular weight is 770 g/mol. The fourth-order valence-corrected chi connectivity index (χ4v) is 6.42. The zero-order valence-electron chi connectivity index (χ0n) is 30.4. The number of pyridine rings is 1. The molecule has 2 amide bonds. The van der Waals surface area contributed by atoms with Crippen LogP contribution in [0.2, 0.25) is 0 Å². The number of hydrogen-bond donors (Lipinski definition) is 1. The number of anilines is 1. The van der Waals surface area contributed by atoms with Crippen molar-refractivity contribution in [3.05, 3.63) is 154 Å². The Morgan fingerprint density at radius 1 is 0.860 bits per heavy atom. The number of halogens is 2. The van der Waals surface area contributed by atoms with Crippen molar-refractivity contribution >= 4 is 28.5 Å². The van der Waals surface area contributed by atoms with Crippen LogP contribution in [-0.4, -0.2) is 74.7 Å². The molecule has 1 aliphatic heterocycles. The van der Waals surface area contributed by atoms with Crippen molar-refractivity contribution in [2.24, 2.45) is 0 Å². The molecule has 0 unspecified atom stereocenters. The summed E-state index contributed by atoms with van der Waals surface area (Å²) >= 11 is 0. The van der Waals surface area contributed by atoms with Gasteiger partial charge in [0.1, 0.15) is 28.6 Å². The number of aromatic nitrogens is 5. The minimum Gasteiger partial charge on any atom is -0.497 e. The molecule has 1 saturated heterocycles. The van der Waals surface area contributed by atoms with Gasteiger partial charge in [0.05, 0.1) is 37.9 Å². The Morgan fingerprint density at radius 3 is 2.33 bits per heavy atom. The van der Waals surface area contributed by atoms with Crippen LogP contribution in [0.3, 0.4) is 0 Å². The number of benzene rings is 4. The Balaban J connectivity index is 1.09. The maximum atomic E-state index is 15.8. The highest BCUT2D eigenvalue weighted by molar-refractivity contribution is 6.04. The maximum Gasteiger partial charge on any atom is 0.284 e. The van der Waals surface area contributed by atoms with Crippen molar-refractivity contribution in [1.29, 1.82) is 0 Å². The number of nitrogens with one attached hydrogen (secondary N) is 1. The van der Waals surface area contributed by atoms with Gasteiger partial charge in [-0.3, -0.25) is 14.4 Å². The lowest BCUT2D eigenvalue weighted by Crippen LogP contribution is -2.40. The Bertz CT molecular complexity index is 2660. The number of morpholine rings is 1. The van der Waals surface area contributed by atoms with Crippen molar-refractivity contribution in [2.75, 3.05) is 38.7 Å². The predicted octanol–water partition coefficient (Wildman–Crippen LogP) is 6.50. The summed E-state index contributed by atoms with van der Waals surface area (Å²) in [7, 11) is 1.60. The Morgan fingerprint density at radius 2 is 1.61 bits per heavy atom. The van der Waals surface area contributed by atoms with Gasteiger partial charge in [0.25, 0.3) is 17.4 Å². The molecule has 7 aromatic rings. The minimum atomic E-state index is -0.797. The van der Waals surface area contributed by atoms with Gasteiger partial charge in [-0.2, -0.15) is 14.9 Å². The molecule has 3 aromatic heterocycles. The van der Waals surface area contributed by atoms with Crippen molar-refractivity contribution in [1.82, 2.24) is 29.4 Å². The Hall–Kier alpha value is -7.26. The molecule has 286 valence electrons. The van der Waals surface area contributed by atoms with Gasteiger partial charge in [-0.05, 0) is 78.4 Å². The highest BCUT2D eigenvalue weighted by Crippen LogP contribution is 2.38. The number of fused-ring (bicyclic) bond motifs is 1. The summed E-state index contributed by atoms with van der Waals surface area (Å²) in [6, 6.07) is 26.4. The fraction of sp³-hybridized carbons (Fsp3) is 0.143. The molecule has 57 heavy (non-hydrogen) atoms. The number of amides is 2. The third kappa shape index (κ3) is 7.68. The van der Waals surface area contributed by atoms with E-state index in [1.54, 1.807) is 47.0 Å². The molecule has 13 nitrogen and oxygen atoms in total. The number of rotatable bonds is 10. The Labute approximate surface area is 323 Å². The summed E-state index contributed by atoms with van der Waals surface area (Å²) in [4.78, 5) is 45.8. The molecule has 0 bridgehead atoms. The fourth-order valence-electron chi connectivity index (χ4n) is 6.42. The number of hydrogen-bond acceptors (Lipinski definition) is 9. The van der Waals surface area contributed by atoms with E-state index in [9.17, 15) is 18.8 Å². The van der Waals surface area contributed by atoms with E-state index in [0.29, 0.717) is 66.5 Å². The second-order valence-electron chi connectivity index (χ2n) is 13.0. The largest absolute Gasteiger partial charge is 0.497 e. The van der Waals surface area contributed by atoms with Crippen molar-refractivity contribution in [3.8, 4) is 34.2 Å². The normalized spacial score (nSPS) is 12.7. The van der Waals surface area contributed by atoms with E-state index in [2.05, 4.69) is 15.4 Å². The van der Waals surface area contributed by atoms with E-state index in [1.807, 2.05) is 24.3 Å². The van der Waals surface area contributed by atoms with Crippen molar-refractivity contribution in [3.63, 3.8) is 0 Å². The van der Waals surface area contributed by atoms with E-state index in [-0.39, 0.29) is 34.3 Å². The summed E-state index contributed by atoms with van der Waals surface area (Å²) < 4.78 is 48.8. The van der Waals surface area contributed by atoms with Gasteiger partial charge in [0.2, 0.25) is 0 Å². The molecule has 0 atom stereocenters. The van der Waals surface area contributed by atoms with Crippen LogP contribution in [0.1, 0.15) is 26.3 Å². The van der Waals surface area contributed by atoms with E-state index in [1.165, 1.54) is 54.9 Å². The molecule has 4 heterocycles. The van der Waals surface area contributed by atoms with Gasteiger partial charge < -0.3 is 24.4 Å². The van der Waals surface area contributed by atoms with Crippen LogP contribution in [0.4, 0.5) is 14.5 Å². The quantitative estimate of drug-likeness (QED) is 0.165. The third-order valence-electron chi connectivity index (χ3n) is 9.36. The van der Waals surface area contributed by atoms with E-state index < -0.39 is 23.1 Å². The molecule has 15 heteroatoms. The van der Waals surface area contributed by atoms with Crippen LogP contribution in [0.5, 0.6) is 17.2 Å². The molecular formula is C42H33F2N7O6.